The van der Waals surface area contributed by atoms with Crippen LogP contribution < -0.4 is 5.56 Å². The highest BCUT2D eigenvalue weighted by Crippen LogP contribution is 2.52. The van der Waals surface area contributed by atoms with E-state index in [0.29, 0.717) is 50.4 Å². The van der Waals surface area contributed by atoms with Crippen molar-refractivity contribution in [3.05, 3.63) is 88.8 Å². The number of ether oxygens (including phenoxy) is 1. The summed E-state index contributed by atoms with van der Waals surface area (Å²) in [5.74, 6) is 0. The average molecular weight is 718 g/mol. The molecule has 2 saturated heterocycles. The lowest BCUT2D eigenvalue weighted by Crippen LogP contribution is -2.64. The Morgan fingerprint density at radius 2 is 1.59 bits per heavy atom. The number of rotatable bonds is 5. The number of hydrogen-bond donors (Lipinski definition) is 1. The first-order chi connectivity index (χ1) is 24.1. The normalized spacial score (nSPS) is 22.2. The maximum absolute atomic E-state index is 14.5. The van der Waals surface area contributed by atoms with Gasteiger partial charge < -0.3 is 29.1 Å². The molecule has 1 saturated carbocycles. The Morgan fingerprint density at radius 3 is 2.22 bits per heavy atom. The number of urea groups is 1. The van der Waals surface area contributed by atoms with Gasteiger partial charge >= 0.3 is 12.1 Å². The molecule has 3 heterocycles. The summed E-state index contributed by atoms with van der Waals surface area (Å²) < 4.78 is 24.6. The average Bonchev–Trinajstić information content (AvgIpc) is 3.56. The summed E-state index contributed by atoms with van der Waals surface area (Å²) in [7, 11) is -2.56. The van der Waals surface area contributed by atoms with Crippen LogP contribution in [0, 0.1) is 5.41 Å². The van der Waals surface area contributed by atoms with E-state index in [1.165, 1.54) is 10.6 Å². The topological polar surface area (TPSA) is 125 Å². The summed E-state index contributed by atoms with van der Waals surface area (Å²) >= 11 is 0. The third-order valence-corrected chi connectivity index (χ3v) is 11.1. The highest BCUT2D eigenvalue weighted by molar-refractivity contribution is 7.92. The van der Waals surface area contributed by atoms with Gasteiger partial charge in [0, 0.05) is 78.2 Å². The van der Waals surface area contributed by atoms with Crippen molar-refractivity contribution >= 4 is 27.5 Å². The van der Waals surface area contributed by atoms with E-state index in [2.05, 4.69) is 4.36 Å². The fourth-order valence-electron chi connectivity index (χ4n) is 8.03. The second-order valence-electron chi connectivity index (χ2n) is 15.7. The third kappa shape index (κ3) is 8.02. The van der Waals surface area contributed by atoms with Crippen LogP contribution in [0.1, 0.15) is 64.5 Å². The van der Waals surface area contributed by atoms with Crippen molar-refractivity contribution in [3.8, 4) is 11.1 Å². The number of nitrogens with zero attached hydrogens (tertiary/aromatic N) is 5. The molecule has 3 amide bonds. The number of carbonyl (C=O) groups is 2. The molecule has 6 rings (SSSR count). The van der Waals surface area contributed by atoms with E-state index in [1.807, 2.05) is 91.2 Å². The van der Waals surface area contributed by atoms with E-state index in [1.54, 1.807) is 23.6 Å². The Morgan fingerprint density at radius 1 is 0.941 bits per heavy atom. The number of aromatic nitrogens is 1. The van der Waals surface area contributed by atoms with Gasteiger partial charge in [0.05, 0.1) is 23.9 Å². The molecule has 3 aliphatic rings. The predicted molar refractivity (Wildman–Crippen MR) is 199 cm³/mol. The first-order valence-corrected chi connectivity index (χ1v) is 20.2. The van der Waals surface area contributed by atoms with Crippen LogP contribution in [0.15, 0.2) is 82.1 Å². The zero-order valence-corrected chi connectivity index (χ0v) is 31.2. The number of piperazine rings is 1. The van der Waals surface area contributed by atoms with Crippen molar-refractivity contribution in [1.82, 2.24) is 19.3 Å². The lowest BCUT2D eigenvalue weighted by atomic mass is 9.66. The minimum absolute atomic E-state index is 0.0429. The standard InChI is InChI=1S/C39H51N5O6S/c1-37(2,3)50-36(47)41-22-23-44(33(26-41)30-16-10-7-11-17-30)35(46)42-21-20-39(48,38(27-42)18-12-13-19-38)28-43-25-32(40-51(4,5)49)31(24-34(43)45)29-14-8-6-9-15-29/h6-11,14-17,24-25,33,48H,12-13,18-23,26-28H2,1-5H3/t33-,39?/m0/s1. The molecule has 3 aromatic rings. The lowest BCUT2D eigenvalue weighted by molar-refractivity contribution is -0.137. The monoisotopic (exact) mass is 717 g/mol. The van der Waals surface area contributed by atoms with Crippen LogP contribution in [0.5, 0.6) is 0 Å². The van der Waals surface area contributed by atoms with Gasteiger partial charge in [-0.1, -0.05) is 73.5 Å². The molecule has 1 aliphatic carbocycles. The maximum atomic E-state index is 14.5. The quantitative estimate of drug-likeness (QED) is 0.331. The number of pyridine rings is 1. The highest BCUT2D eigenvalue weighted by Gasteiger charge is 2.56. The van der Waals surface area contributed by atoms with Gasteiger partial charge in [-0.05, 0) is 51.2 Å². The molecule has 1 N–H and O–H groups in total. The summed E-state index contributed by atoms with van der Waals surface area (Å²) in [6.45, 7) is 7.25. The predicted octanol–water partition coefficient (Wildman–Crippen LogP) is 6.29. The van der Waals surface area contributed by atoms with Gasteiger partial charge in [-0.2, -0.15) is 4.36 Å². The van der Waals surface area contributed by atoms with Crippen molar-refractivity contribution in [3.63, 3.8) is 0 Å². The minimum Gasteiger partial charge on any atom is -0.444 e. The molecule has 0 radical (unpaired) electrons. The van der Waals surface area contributed by atoms with Crippen LogP contribution in [0.25, 0.3) is 11.1 Å². The van der Waals surface area contributed by atoms with Crippen molar-refractivity contribution in [2.24, 2.45) is 9.78 Å². The number of likely N-dealkylation sites (tertiary alicyclic amines) is 1. The zero-order chi connectivity index (χ0) is 36.6. The van der Waals surface area contributed by atoms with Crippen LogP contribution in [0.3, 0.4) is 0 Å². The van der Waals surface area contributed by atoms with Gasteiger partial charge in [-0.25, -0.2) is 13.8 Å². The first kappa shape index (κ1) is 36.6. The molecule has 2 aliphatic heterocycles. The van der Waals surface area contributed by atoms with Gasteiger partial charge in [0.15, 0.2) is 0 Å². The van der Waals surface area contributed by atoms with Crippen LogP contribution in [-0.2, 0) is 21.0 Å². The fourth-order valence-corrected chi connectivity index (χ4v) is 8.65. The van der Waals surface area contributed by atoms with E-state index in [-0.39, 0.29) is 24.2 Å². The third-order valence-electron chi connectivity index (χ3n) is 10.5. The van der Waals surface area contributed by atoms with Crippen LogP contribution in [-0.4, -0.2) is 97.1 Å². The molecule has 3 fully saturated rings. The Hall–Kier alpha value is -4.16. The maximum Gasteiger partial charge on any atom is 0.410 e. The van der Waals surface area contributed by atoms with Crippen LogP contribution >= 0.6 is 0 Å². The Kier molecular flexibility index (Phi) is 10.1. The number of benzene rings is 2. The molecule has 0 bridgehead atoms. The van der Waals surface area contributed by atoms with Crippen LogP contribution in [0.4, 0.5) is 15.3 Å². The largest absolute Gasteiger partial charge is 0.444 e. The number of aliphatic hydroxyl groups is 1. The zero-order valence-electron chi connectivity index (χ0n) is 30.4. The van der Waals surface area contributed by atoms with Gasteiger partial charge in [-0.15, -0.1) is 0 Å². The van der Waals surface area contributed by atoms with E-state index >= 15 is 0 Å². The lowest BCUT2D eigenvalue weighted by Gasteiger charge is -2.53. The number of carbonyl (C=O) groups excluding carboxylic acids is 2. The molecule has 2 atom stereocenters. The van der Waals surface area contributed by atoms with E-state index in [4.69, 9.17) is 4.74 Å². The Labute approximate surface area is 301 Å². The first-order valence-electron chi connectivity index (χ1n) is 17.8. The van der Waals surface area contributed by atoms with E-state index < -0.39 is 32.4 Å². The molecule has 1 spiro atoms. The number of piperidine rings is 1. The molecule has 274 valence electrons. The van der Waals surface area contributed by atoms with Gasteiger partial charge in [0.25, 0.3) is 5.56 Å². The smallest absolute Gasteiger partial charge is 0.410 e. The van der Waals surface area contributed by atoms with E-state index in [0.717, 1.165) is 36.8 Å². The van der Waals surface area contributed by atoms with Crippen molar-refractivity contribution in [1.29, 1.82) is 0 Å². The van der Waals surface area contributed by atoms with Gasteiger partial charge in [0.1, 0.15) is 5.60 Å². The van der Waals surface area contributed by atoms with Crippen LogP contribution in [0.2, 0.25) is 0 Å². The summed E-state index contributed by atoms with van der Waals surface area (Å²) in [5.41, 5.74) is -0.0242. The molecule has 11 nitrogen and oxygen atoms in total. The number of hydrogen-bond acceptors (Lipinski definition) is 7. The second kappa shape index (κ2) is 14.1. The SMILES string of the molecule is CC(C)(C)OC(=O)N1CCN(C(=O)N2CCC(O)(Cn3cc(N=S(C)(C)=O)c(-c4ccccc4)cc3=O)C3(CCCC3)C2)[C@H](c2ccccc2)C1. The second-order valence-corrected chi connectivity index (χ2v) is 18.2. The van der Waals surface area contributed by atoms with Gasteiger partial charge in [0.2, 0.25) is 0 Å². The molecular weight excluding hydrogens is 667 g/mol. The molecule has 1 aromatic heterocycles. The number of amides is 3. The highest BCUT2D eigenvalue weighted by atomic mass is 32.2. The fraction of sp³-hybridized carbons (Fsp3) is 0.513. The van der Waals surface area contributed by atoms with Crippen molar-refractivity contribution < 1.29 is 23.6 Å². The molecule has 51 heavy (non-hydrogen) atoms. The summed E-state index contributed by atoms with van der Waals surface area (Å²) in [4.78, 5) is 46.7. The Balaban J connectivity index is 1.27. The Bertz CT molecular complexity index is 1920. The van der Waals surface area contributed by atoms with Gasteiger partial charge in [-0.3, -0.25) is 4.79 Å². The molecule has 2 aromatic carbocycles. The van der Waals surface area contributed by atoms with Crippen molar-refractivity contribution in [2.75, 3.05) is 45.2 Å². The molecule has 12 heteroatoms. The molecular formula is C39H51N5O6S. The molecule has 1 unspecified atom stereocenters. The minimum atomic E-state index is -2.56. The summed E-state index contributed by atoms with van der Waals surface area (Å²) in [6, 6.07) is 20.2. The van der Waals surface area contributed by atoms with E-state index in [9.17, 15) is 23.7 Å². The summed E-state index contributed by atoms with van der Waals surface area (Å²) in [5, 5.41) is 12.6. The van der Waals surface area contributed by atoms with Crippen molar-refractivity contribution in [2.45, 2.75) is 76.7 Å². The summed E-state index contributed by atoms with van der Waals surface area (Å²) in [6.07, 6.45) is 7.95.